The highest BCUT2D eigenvalue weighted by Crippen LogP contribution is 2.65. The van der Waals surface area contributed by atoms with Crippen LogP contribution in [0.5, 0.6) is 0 Å². The molecule has 0 aromatic carbocycles. The van der Waals surface area contributed by atoms with E-state index in [0.29, 0.717) is 4.57 Å². The van der Waals surface area contributed by atoms with E-state index < -0.39 is 109 Å². The van der Waals surface area contributed by atoms with Crippen LogP contribution in [0.1, 0.15) is 91.7 Å². The van der Waals surface area contributed by atoms with Gasteiger partial charge in [-0.05, 0) is 62.3 Å². The number of aromatic amines is 1. The summed E-state index contributed by atoms with van der Waals surface area (Å²) in [5.41, 5.74) is -9.06. The molecule has 1 N–H and O–H groups in total. The standard InChI is InChI=1S/C20H28N4O2/c1-3-5-23-16-15(17(25)24(6-4-2)19(23)26)21-18(22-16)20-10-12-7-13(11-20)9-14(20)8-12/h12-14H,3-11H2,1-2H3,(H,21,22)/i1D3,3D2,5D2,7D2,8D2,9D2,10D2,11D2,12D,13D,14D. The number of nitrogens with zero attached hydrogens (tertiary/aromatic N) is 3. The van der Waals surface area contributed by atoms with Gasteiger partial charge in [0.05, 0.1) is 0 Å². The van der Waals surface area contributed by atoms with Crippen molar-refractivity contribution in [3.05, 3.63) is 26.7 Å². The molecule has 4 aliphatic carbocycles. The van der Waals surface area contributed by atoms with E-state index in [4.69, 9.17) is 26.0 Å². The molecule has 6 rings (SSSR count). The summed E-state index contributed by atoms with van der Waals surface area (Å²) in [4.78, 5) is 33.2. The molecule has 2 aromatic heterocycles. The first-order chi connectivity index (χ1) is 20.2. The number of hydrogen-bond donors (Lipinski definition) is 1. The maximum Gasteiger partial charge on any atom is 0.332 e. The number of imidazole rings is 1. The zero-order valence-corrected chi connectivity index (χ0v) is 13.6. The van der Waals surface area contributed by atoms with Crippen LogP contribution in [0.4, 0.5) is 0 Å². The molecule has 2 heterocycles. The van der Waals surface area contributed by atoms with Gasteiger partial charge in [-0.3, -0.25) is 13.9 Å². The van der Waals surface area contributed by atoms with Crippen LogP contribution in [0.2, 0.25) is 0 Å². The zero-order chi connectivity index (χ0) is 35.9. The fourth-order valence-corrected chi connectivity index (χ4v) is 3.41. The van der Waals surface area contributed by atoms with Gasteiger partial charge >= 0.3 is 5.69 Å². The van der Waals surface area contributed by atoms with Crippen molar-refractivity contribution in [1.82, 2.24) is 19.1 Å². The molecule has 2 atom stereocenters. The molecule has 0 radical (unpaired) electrons. The second-order valence-corrected chi connectivity index (χ2v) is 6.10. The van der Waals surface area contributed by atoms with E-state index in [1.165, 1.54) is 6.92 Å². The molecule has 4 bridgehead atoms. The van der Waals surface area contributed by atoms with Gasteiger partial charge in [-0.25, -0.2) is 9.78 Å². The summed E-state index contributed by atoms with van der Waals surface area (Å²) < 4.78 is 171. The maximum absolute atomic E-state index is 13.6. The third-order valence-corrected chi connectivity index (χ3v) is 4.50. The smallest absolute Gasteiger partial charge is 0.332 e. The number of H-pyrrole nitrogens is 1. The molecule has 4 fully saturated rings. The first-order valence-electron chi connectivity index (χ1n) is 18.0. The molecule has 0 aliphatic heterocycles. The van der Waals surface area contributed by atoms with Crippen LogP contribution in [0, 0.1) is 17.7 Å². The minimum atomic E-state index is -4.00. The Bertz CT molecular complexity index is 1760. The van der Waals surface area contributed by atoms with Crippen molar-refractivity contribution in [3.8, 4) is 0 Å². The average Bonchev–Trinajstić information content (AvgIpc) is 3.36. The lowest BCUT2D eigenvalue weighted by molar-refractivity contribution is 0.262. The Morgan fingerprint density at radius 3 is 2.81 bits per heavy atom. The summed E-state index contributed by atoms with van der Waals surface area (Å²) in [5.74, 6) is -13.1. The quantitative estimate of drug-likeness (QED) is 0.872. The normalized spacial score (nSPS) is 63.3. The highest BCUT2D eigenvalue weighted by atomic mass is 16.2. The molecular weight excluding hydrogens is 328 g/mol. The number of aryl methyl sites for hydroxylation is 1. The Labute approximate surface area is 180 Å². The van der Waals surface area contributed by atoms with E-state index >= 15 is 0 Å². The van der Waals surface area contributed by atoms with E-state index in [9.17, 15) is 11.0 Å². The lowest BCUT2D eigenvalue weighted by Crippen LogP contribution is -2.40. The van der Waals surface area contributed by atoms with Gasteiger partial charge in [-0.15, -0.1) is 0 Å². The van der Waals surface area contributed by atoms with E-state index in [-0.39, 0.29) is 11.0 Å². The molecular formula is C20H28N4O2. The summed E-state index contributed by atoms with van der Waals surface area (Å²) >= 11 is 0. The number of rotatable bonds is 5. The van der Waals surface area contributed by atoms with Crippen molar-refractivity contribution in [3.63, 3.8) is 0 Å². The Morgan fingerprint density at radius 1 is 1.35 bits per heavy atom. The summed E-state index contributed by atoms with van der Waals surface area (Å²) in [6, 6.07) is 0. The minimum Gasteiger partial charge on any atom is -0.336 e. The van der Waals surface area contributed by atoms with Crippen LogP contribution < -0.4 is 11.2 Å². The first-order valence-corrected chi connectivity index (χ1v) is 8.00. The van der Waals surface area contributed by atoms with Gasteiger partial charge in [0.1, 0.15) is 11.3 Å². The van der Waals surface area contributed by atoms with Crippen LogP contribution >= 0.6 is 0 Å². The number of fused-ring (bicyclic) bond motifs is 1. The highest BCUT2D eigenvalue weighted by molar-refractivity contribution is 5.70. The number of aromatic nitrogens is 4. The van der Waals surface area contributed by atoms with Gasteiger partial charge in [-0.2, -0.15) is 0 Å². The third kappa shape index (κ3) is 2.01. The van der Waals surface area contributed by atoms with Crippen LogP contribution in [0.25, 0.3) is 11.2 Å². The summed E-state index contributed by atoms with van der Waals surface area (Å²) in [6.07, 6.45) is -23.8. The Balaban J connectivity index is 2.06. The van der Waals surface area contributed by atoms with Crippen molar-refractivity contribution < 1.29 is 27.4 Å². The van der Waals surface area contributed by atoms with Crippen molar-refractivity contribution in [2.75, 3.05) is 0 Å². The molecule has 4 saturated carbocycles. The lowest BCUT2D eigenvalue weighted by Gasteiger charge is -2.30. The average molecular weight is 377 g/mol. The largest absolute Gasteiger partial charge is 0.336 e. The second kappa shape index (κ2) is 5.57. The van der Waals surface area contributed by atoms with E-state index in [1.54, 1.807) is 0 Å². The molecule has 0 saturated heterocycles. The molecule has 140 valence electrons. The Hall–Kier alpha value is -1.85. The molecule has 6 nitrogen and oxygen atoms in total. The fourth-order valence-electron chi connectivity index (χ4n) is 3.41. The monoisotopic (exact) mass is 376 g/mol. The van der Waals surface area contributed by atoms with Gasteiger partial charge < -0.3 is 4.98 Å². The van der Waals surface area contributed by atoms with Crippen molar-refractivity contribution >= 4 is 11.2 Å². The molecule has 2 aromatic rings. The Morgan fingerprint density at radius 2 is 2.12 bits per heavy atom. The SMILES string of the molecule is [2H]C([2H])([2H])C([2H])([2H])C([2H])([2H])n1c(=O)n(CCC)c(=O)c2[nH]c(C34C([2H])([2H])C5([2H])C([2H])([2H])C([2H])(C([2H])([2H])C3([2H])C5([2H])[2H])C4([2H])[2H])nc21. The van der Waals surface area contributed by atoms with Gasteiger partial charge in [0, 0.05) is 45.9 Å². The van der Waals surface area contributed by atoms with Crippen molar-refractivity contribution in [2.45, 2.75) is 76.9 Å². The molecule has 4 aliphatic rings. The Kier molecular flexibility index (Phi) is 1.20. The molecule has 6 heteroatoms. The summed E-state index contributed by atoms with van der Waals surface area (Å²) in [6.45, 7) is -6.66. The van der Waals surface area contributed by atoms with Crippen LogP contribution in [0.3, 0.4) is 0 Å². The van der Waals surface area contributed by atoms with Gasteiger partial charge in [-0.1, -0.05) is 13.8 Å². The maximum atomic E-state index is 13.6. The summed E-state index contributed by atoms with van der Waals surface area (Å²) in [5, 5.41) is 0. The van der Waals surface area contributed by atoms with Gasteiger partial charge in [0.15, 0.2) is 5.65 Å². The molecule has 2 unspecified atom stereocenters. The van der Waals surface area contributed by atoms with Crippen LogP contribution in [0.15, 0.2) is 9.59 Å². The number of hydrogen-bond acceptors (Lipinski definition) is 3. The first kappa shape index (κ1) is 5.58. The molecule has 0 spiro atoms. The van der Waals surface area contributed by atoms with Gasteiger partial charge in [0.2, 0.25) is 0 Å². The van der Waals surface area contributed by atoms with E-state index in [2.05, 4.69) is 9.97 Å². The predicted octanol–water partition coefficient (Wildman–Crippen LogP) is 2.78. The molecule has 26 heavy (non-hydrogen) atoms. The molecule has 0 amide bonds. The topological polar surface area (TPSA) is 72.7 Å². The summed E-state index contributed by atoms with van der Waals surface area (Å²) in [7, 11) is 0. The zero-order valence-electron chi connectivity index (χ0n) is 33.6. The predicted molar refractivity (Wildman–Crippen MR) is 100 cm³/mol. The van der Waals surface area contributed by atoms with E-state index in [1.807, 2.05) is 0 Å². The highest BCUT2D eigenvalue weighted by Gasteiger charge is 2.59. The van der Waals surface area contributed by atoms with Crippen LogP contribution in [-0.2, 0) is 18.5 Å². The lowest BCUT2D eigenvalue weighted by atomic mass is 9.75. The second-order valence-electron chi connectivity index (χ2n) is 6.10. The fraction of sp³-hybridized carbons (Fsp3) is 0.750. The van der Waals surface area contributed by atoms with Gasteiger partial charge in [0.25, 0.3) is 5.56 Å². The van der Waals surface area contributed by atoms with Crippen molar-refractivity contribution in [2.24, 2.45) is 17.7 Å². The van der Waals surface area contributed by atoms with E-state index in [0.717, 1.165) is 0 Å². The van der Waals surface area contributed by atoms with Crippen molar-refractivity contribution in [1.29, 1.82) is 0 Å². The third-order valence-electron chi connectivity index (χ3n) is 4.50. The van der Waals surface area contributed by atoms with Crippen LogP contribution in [-0.4, -0.2) is 19.1 Å². The minimum absolute atomic E-state index is 0.0277. The number of nitrogens with one attached hydrogen (secondary N) is 1.